The number of para-hydroxylation sites is 1. The highest BCUT2D eigenvalue weighted by Gasteiger charge is 2.44. The van der Waals surface area contributed by atoms with E-state index >= 15 is 0 Å². The number of hydrogen-bond acceptors (Lipinski definition) is 5. The van der Waals surface area contributed by atoms with Crippen molar-refractivity contribution in [1.82, 2.24) is 14.7 Å². The van der Waals surface area contributed by atoms with Gasteiger partial charge in [-0.1, -0.05) is 18.2 Å². The number of rotatable bonds is 8. The molecule has 0 saturated carbocycles. The number of benzene rings is 1. The predicted molar refractivity (Wildman–Crippen MR) is 104 cm³/mol. The first kappa shape index (κ1) is 19.9. The Morgan fingerprint density at radius 1 is 1.21 bits per heavy atom. The molecule has 3 rings (SSSR count). The van der Waals surface area contributed by atoms with E-state index in [4.69, 9.17) is 9.47 Å². The van der Waals surface area contributed by atoms with Crippen LogP contribution >= 0.6 is 0 Å². The summed E-state index contributed by atoms with van der Waals surface area (Å²) in [4.78, 5) is 27.3. The Hall–Kier alpha value is -2.83. The molecule has 1 aromatic carbocycles. The largest absolute Gasteiger partial charge is 0.494 e. The maximum Gasteiger partial charge on any atom is 0.314 e. The number of nitrogens with zero attached hydrogens (tertiary/aromatic N) is 3. The van der Waals surface area contributed by atoms with Gasteiger partial charge in [0.1, 0.15) is 12.3 Å². The summed E-state index contributed by atoms with van der Waals surface area (Å²) in [6.07, 6.45) is 5.36. The topological polar surface area (TPSA) is 73.7 Å². The molecular formula is C21H27N3O4. The van der Waals surface area contributed by atoms with Crippen molar-refractivity contribution in [3.05, 3.63) is 48.8 Å². The first-order chi connectivity index (χ1) is 13.6. The lowest BCUT2D eigenvalue weighted by molar-refractivity contribution is -0.162. The Morgan fingerprint density at radius 3 is 2.75 bits per heavy atom. The minimum absolute atomic E-state index is 0.0407. The maximum absolute atomic E-state index is 12.8. The van der Waals surface area contributed by atoms with Crippen LogP contribution in [0.3, 0.4) is 0 Å². The van der Waals surface area contributed by atoms with Crippen molar-refractivity contribution in [3.63, 3.8) is 0 Å². The Labute approximate surface area is 165 Å². The normalized spacial score (nSPS) is 19.2. The SMILES string of the molecule is CCOC(=O)[C@@]1(CCOc2ccccc2)CCCN(C(=O)Cn2cccn2)C1. The number of esters is 1. The number of amides is 1. The van der Waals surface area contributed by atoms with Gasteiger partial charge in [-0.05, 0) is 44.4 Å². The molecule has 150 valence electrons. The lowest BCUT2D eigenvalue weighted by atomic mass is 9.77. The summed E-state index contributed by atoms with van der Waals surface area (Å²) in [6, 6.07) is 11.3. The molecule has 1 aromatic heterocycles. The molecule has 1 saturated heterocycles. The van der Waals surface area contributed by atoms with Gasteiger partial charge in [0.2, 0.25) is 5.91 Å². The van der Waals surface area contributed by atoms with Crippen molar-refractivity contribution in [2.45, 2.75) is 32.7 Å². The summed E-state index contributed by atoms with van der Waals surface area (Å²) in [5.74, 6) is 0.480. The number of ether oxygens (including phenoxy) is 2. The molecular weight excluding hydrogens is 358 g/mol. The van der Waals surface area contributed by atoms with E-state index in [1.165, 1.54) is 0 Å². The molecule has 0 spiro atoms. The van der Waals surface area contributed by atoms with Crippen LogP contribution in [0.25, 0.3) is 0 Å². The third-order valence-corrected chi connectivity index (χ3v) is 5.09. The predicted octanol–water partition coefficient (Wildman–Crippen LogP) is 2.52. The second kappa shape index (κ2) is 9.39. The summed E-state index contributed by atoms with van der Waals surface area (Å²) in [5.41, 5.74) is -0.733. The van der Waals surface area contributed by atoms with E-state index < -0.39 is 5.41 Å². The van der Waals surface area contributed by atoms with E-state index in [1.807, 2.05) is 30.3 Å². The van der Waals surface area contributed by atoms with Crippen LogP contribution in [-0.4, -0.2) is 52.9 Å². The number of likely N-dealkylation sites (tertiary alicyclic amines) is 1. The molecule has 1 atom stereocenters. The number of carbonyl (C=O) groups is 2. The molecule has 7 heteroatoms. The van der Waals surface area contributed by atoms with Gasteiger partial charge < -0.3 is 14.4 Å². The summed E-state index contributed by atoms with van der Waals surface area (Å²) in [7, 11) is 0. The van der Waals surface area contributed by atoms with Gasteiger partial charge in [-0.2, -0.15) is 5.10 Å². The van der Waals surface area contributed by atoms with Crippen molar-refractivity contribution in [1.29, 1.82) is 0 Å². The van der Waals surface area contributed by atoms with Crippen LogP contribution in [-0.2, 0) is 20.9 Å². The van der Waals surface area contributed by atoms with Gasteiger partial charge in [0.15, 0.2) is 0 Å². The van der Waals surface area contributed by atoms with Gasteiger partial charge in [-0.15, -0.1) is 0 Å². The van der Waals surface area contributed by atoms with E-state index in [1.54, 1.807) is 35.0 Å². The van der Waals surface area contributed by atoms with Crippen LogP contribution in [0.5, 0.6) is 5.75 Å². The van der Waals surface area contributed by atoms with Gasteiger partial charge >= 0.3 is 5.97 Å². The molecule has 2 heterocycles. The molecule has 0 aliphatic carbocycles. The van der Waals surface area contributed by atoms with Gasteiger partial charge in [0.05, 0.1) is 18.6 Å². The smallest absolute Gasteiger partial charge is 0.314 e. The highest BCUT2D eigenvalue weighted by Crippen LogP contribution is 2.35. The van der Waals surface area contributed by atoms with Crippen molar-refractivity contribution in [3.8, 4) is 5.75 Å². The summed E-state index contributed by atoms with van der Waals surface area (Å²) in [5, 5.41) is 4.09. The first-order valence-corrected chi connectivity index (χ1v) is 9.73. The molecule has 2 aromatic rings. The fourth-order valence-corrected chi connectivity index (χ4v) is 3.62. The Bertz CT molecular complexity index is 763. The van der Waals surface area contributed by atoms with E-state index in [-0.39, 0.29) is 18.4 Å². The van der Waals surface area contributed by atoms with Crippen molar-refractivity contribution in [2.75, 3.05) is 26.3 Å². The van der Waals surface area contributed by atoms with Crippen molar-refractivity contribution < 1.29 is 19.1 Å². The van der Waals surface area contributed by atoms with E-state index in [0.717, 1.165) is 12.2 Å². The van der Waals surface area contributed by atoms with E-state index in [0.29, 0.717) is 39.1 Å². The minimum Gasteiger partial charge on any atom is -0.494 e. The lowest BCUT2D eigenvalue weighted by Crippen LogP contribution is -2.51. The fraction of sp³-hybridized carbons (Fsp3) is 0.476. The van der Waals surface area contributed by atoms with Crippen LogP contribution in [0.1, 0.15) is 26.2 Å². The molecule has 0 unspecified atom stereocenters. The molecule has 1 aliphatic heterocycles. The average Bonchev–Trinajstić information content (AvgIpc) is 3.22. The van der Waals surface area contributed by atoms with Crippen LogP contribution in [0.4, 0.5) is 0 Å². The van der Waals surface area contributed by atoms with Crippen LogP contribution in [0.2, 0.25) is 0 Å². The molecule has 1 aliphatic rings. The molecule has 1 amide bonds. The van der Waals surface area contributed by atoms with Crippen molar-refractivity contribution >= 4 is 11.9 Å². The third-order valence-electron chi connectivity index (χ3n) is 5.09. The standard InChI is InChI=1S/C21H27N3O4/c1-2-27-20(26)21(11-15-28-18-8-4-3-5-9-18)10-6-13-23(17-21)19(25)16-24-14-7-12-22-24/h3-5,7-9,12,14H,2,6,10-11,13,15-17H2,1H3/t21-/m1/s1. The molecule has 7 nitrogen and oxygen atoms in total. The van der Waals surface area contributed by atoms with Crippen LogP contribution in [0, 0.1) is 5.41 Å². The Kier molecular flexibility index (Phi) is 6.68. The third kappa shape index (κ3) is 4.91. The van der Waals surface area contributed by atoms with Crippen LogP contribution in [0.15, 0.2) is 48.8 Å². The zero-order chi connectivity index (χ0) is 19.8. The number of carbonyl (C=O) groups excluding carboxylic acids is 2. The maximum atomic E-state index is 12.8. The second-order valence-electron chi connectivity index (χ2n) is 7.03. The number of aromatic nitrogens is 2. The Balaban J connectivity index is 1.67. The zero-order valence-electron chi connectivity index (χ0n) is 16.3. The van der Waals surface area contributed by atoms with Crippen molar-refractivity contribution in [2.24, 2.45) is 5.41 Å². The van der Waals surface area contributed by atoms with Gasteiger partial charge in [0, 0.05) is 25.5 Å². The molecule has 0 bridgehead atoms. The van der Waals surface area contributed by atoms with Gasteiger partial charge in [-0.25, -0.2) is 0 Å². The second-order valence-corrected chi connectivity index (χ2v) is 7.03. The fourth-order valence-electron chi connectivity index (χ4n) is 3.62. The minimum atomic E-state index is -0.733. The quantitative estimate of drug-likeness (QED) is 0.653. The lowest BCUT2D eigenvalue weighted by Gasteiger charge is -2.41. The number of piperidine rings is 1. The zero-order valence-corrected chi connectivity index (χ0v) is 16.3. The van der Waals surface area contributed by atoms with Gasteiger partial charge in [0.25, 0.3) is 0 Å². The Morgan fingerprint density at radius 2 is 2.04 bits per heavy atom. The summed E-state index contributed by atoms with van der Waals surface area (Å²) in [6.45, 7) is 3.68. The number of hydrogen-bond donors (Lipinski definition) is 0. The van der Waals surface area contributed by atoms with Crippen LogP contribution < -0.4 is 4.74 Å². The highest BCUT2D eigenvalue weighted by molar-refractivity contribution is 5.80. The van der Waals surface area contributed by atoms with E-state index in [2.05, 4.69) is 5.10 Å². The monoisotopic (exact) mass is 385 g/mol. The summed E-state index contributed by atoms with van der Waals surface area (Å²) >= 11 is 0. The van der Waals surface area contributed by atoms with Gasteiger partial charge in [-0.3, -0.25) is 14.3 Å². The molecule has 0 N–H and O–H groups in total. The highest BCUT2D eigenvalue weighted by atomic mass is 16.5. The molecule has 1 fully saturated rings. The van der Waals surface area contributed by atoms with E-state index in [9.17, 15) is 9.59 Å². The summed E-state index contributed by atoms with van der Waals surface area (Å²) < 4.78 is 12.8. The first-order valence-electron chi connectivity index (χ1n) is 9.73. The average molecular weight is 385 g/mol. The molecule has 28 heavy (non-hydrogen) atoms. The molecule has 0 radical (unpaired) electrons.